The Morgan fingerprint density at radius 3 is 1.89 bits per heavy atom. The van der Waals surface area contributed by atoms with Gasteiger partial charge in [-0.05, 0) is 19.3 Å². The molecule has 0 saturated carbocycles. The lowest BCUT2D eigenvalue weighted by Crippen LogP contribution is -2.56. The maximum Gasteiger partial charge on any atom is 0.426 e. The molecule has 0 heterocycles. The van der Waals surface area contributed by atoms with E-state index in [-0.39, 0.29) is 5.57 Å². The number of hydrogen-bond acceptors (Lipinski definition) is 3. The Hall–Kier alpha value is -1.25. The van der Waals surface area contributed by atoms with E-state index >= 15 is 0 Å². The van der Waals surface area contributed by atoms with E-state index in [1.165, 1.54) is 0 Å². The number of halogens is 6. The first kappa shape index (κ1) is 17.8. The first-order valence-electron chi connectivity index (χ1n) is 4.98. The third-order valence-electron chi connectivity index (χ3n) is 2.43. The van der Waals surface area contributed by atoms with Gasteiger partial charge in [0.15, 0.2) is 0 Å². The molecule has 0 rings (SSSR count). The van der Waals surface area contributed by atoms with Crippen molar-refractivity contribution in [3.05, 3.63) is 12.2 Å². The number of hydrogen-bond donors (Lipinski definition) is 1. The molecule has 0 aromatic rings. The third kappa shape index (κ3) is 4.12. The fraction of sp³-hybridized carbons (Fsp3) is 0.700. The van der Waals surface area contributed by atoms with Gasteiger partial charge in [0.2, 0.25) is 0 Å². The molecule has 0 amide bonds. The van der Waals surface area contributed by atoms with Crippen LogP contribution in [0.4, 0.5) is 26.3 Å². The first-order valence-corrected chi connectivity index (χ1v) is 4.98. The van der Waals surface area contributed by atoms with Gasteiger partial charge in [0.1, 0.15) is 0 Å². The summed E-state index contributed by atoms with van der Waals surface area (Å²) in [6, 6.07) is 0. The van der Waals surface area contributed by atoms with E-state index in [9.17, 15) is 31.1 Å². The van der Waals surface area contributed by atoms with E-state index in [4.69, 9.17) is 5.11 Å². The van der Waals surface area contributed by atoms with E-state index in [2.05, 4.69) is 11.3 Å². The number of carbonyl (C=O) groups is 1. The van der Waals surface area contributed by atoms with Gasteiger partial charge in [0, 0.05) is 5.57 Å². The fourth-order valence-electron chi connectivity index (χ4n) is 1.25. The Balaban J connectivity index is 4.74. The summed E-state index contributed by atoms with van der Waals surface area (Å²) in [6.45, 7) is 3.15. The van der Waals surface area contributed by atoms with Crippen LogP contribution in [0, 0.1) is 0 Å². The Bertz CT molecular complexity index is 330. The average Bonchev–Trinajstić information content (AvgIpc) is 2.24. The zero-order chi connectivity index (χ0) is 15.5. The molecular weight excluding hydrogens is 282 g/mol. The van der Waals surface area contributed by atoms with Crippen LogP contribution < -0.4 is 0 Å². The van der Waals surface area contributed by atoms with Crippen LogP contribution in [-0.4, -0.2) is 36.1 Å². The van der Waals surface area contributed by atoms with Crippen molar-refractivity contribution in [3.63, 3.8) is 0 Å². The van der Waals surface area contributed by atoms with Crippen molar-refractivity contribution in [1.82, 2.24) is 0 Å². The van der Waals surface area contributed by atoms with Crippen molar-refractivity contribution < 1.29 is 41.0 Å². The summed E-state index contributed by atoms with van der Waals surface area (Å²) >= 11 is 0. The normalized spacial score (nSPS) is 13.3. The number of carbonyl (C=O) groups excluding carboxylic acids is 1. The first-order chi connectivity index (χ1) is 8.37. The second-order valence-corrected chi connectivity index (χ2v) is 3.80. The van der Waals surface area contributed by atoms with Crippen molar-refractivity contribution in [3.8, 4) is 0 Å². The summed E-state index contributed by atoms with van der Waals surface area (Å²) in [5.74, 6) is -0.928. The fourth-order valence-corrected chi connectivity index (χ4v) is 1.25. The Morgan fingerprint density at radius 1 is 1.16 bits per heavy atom. The van der Waals surface area contributed by atoms with Gasteiger partial charge in [-0.2, -0.15) is 26.3 Å². The molecule has 0 aromatic carbocycles. The third-order valence-corrected chi connectivity index (χ3v) is 2.43. The maximum atomic E-state index is 12.3. The number of aliphatic hydroxyl groups is 1. The molecule has 0 aliphatic carbocycles. The van der Waals surface area contributed by atoms with Crippen LogP contribution in [0.3, 0.4) is 0 Å². The van der Waals surface area contributed by atoms with Crippen molar-refractivity contribution >= 4 is 5.97 Å². The molecule has 0 fully saturated rings. The summed E-state index contributed by atoms with van der Waals surface area (Å²) in [5, 5.41) is 8.80. The monoisotopic (exact) mass is 294 g/mol. The lowest BCUT2D eigenvalue weighted by molar-refractivity contribution is -0.370. The maximum absolute atomic E-state index is 12.3. The molecule has 19 heavy (non-hydrogen) atoms. The van der Waals surface area contributed by atoms with Gasteiger partial charge in [-0.15, -0.1) is 0 Å². The van der Waals surface area contributed by atoms with Crippen LogP contribution >= 0.6 is 0 Å². The van der Waals surface area contributed by atoms with Crippen LogP contribution in [-0.2, 0) is 9.53 Å². The van der Waals surface area contributed by atoms with Gasteiger partial charge in [-0.3, -0.25) is 0 Å². The number of alkyl halides is 6. The smallest absolute Gasteiger partial charge is 0.426 e. The molecule has 0 radical (unpaired) electrons. The quantitative estimate of drug-likeness (QED) is 0.482. The number of ether oxygens (including phenoxy) is 1. The minimum Gasteiger partial charge on any atom is -0.466 e. The second-order valence-electron chi connectivity index (χ2n) is 3.80. The molecule has 0 aliphatic heterocycles. The highest BCUT2D eigenvalue weighted by Gasteiger charge is 2.69. The molecule has 112 valence electrons. The topological polar surface area (TPSA) is 46.5 Å². The second kappa shape index (κ2) is 5.81. The van der Waals surface area contributed by atoms with Gasteiger partial charge in [0.05, 0.1) is 7.11 Å². The van der Waals surface area contributed by atoms with Gasteiger partial charge in [0.25, 0.3) is 5.60 Å². The summed E-state index contributed by atoms with van der Waals surface area (Å²) in [6.07, 6.45) is -14.5. The highest BCUT2D eigenvalue weighted by Crippen LogP contribution is 2.46. The molecule has 0 bridgehead atoms. The van der Waals surface area contributed by atoms with Crippen LogP contribution in [0.25, 0.3) is 0 Å². The van der Waals surface area contributed by atoms with Gasteiger partial charge in [-0.1, -0.05) is 6.58 Å². The minimum atomic E-state index is -5.85. The van der Waals surface area contributed by atoms with Gasteiger partial charge < -0.3 is 9.84 Å². The summed E-state index contributed by atoms with van der Waals surface area (Å²) < 4.78 is 77.8. The van der Waals surface area contributed by atoms with Gasteiger partial charge >= 0.3 is 18.3 Å². The zero-order valence-corrected chi connectivity index (χ0v) is 9.86. The molecule has 0 spiro atoms. The van der Waals surface area contributed by atoms with Crippen molar-refractivity contribution in [2.24, 2.45) is 0 Å². The number of methoxy groups -OCH3 is 1. The predicted molar refractivity (Wildman–Crippen MR) is 52.1 cm³/mol. The van der Waals surface area contributed by atoms with Crippen LogP contribution in [0.5, 0.6) is 0 Å². The summed E-state index contributed by atoms with van der Waals surface area (Å²) in [4.78, 5) is 10.8. The molecule has 0 aromatic heterocycles. The summed E-state index contributed by atoms with van der Waals surface area (Å²) in [7, 11) is 0.995. The number of rotatable bonds is 5. The average molecular weight is 294 g/mol. The SMILES string of the molecule is C=C(CCCC(O)(C(F)(F)F)C(F)(F)F)C(=O)OC. The Labute approximate surface area is 104 Å². The van der Waals surface area contributed by atoms with Crippen molar-refractivity contribution in [1.29, 1.82) is 0 Å². The molecule has 0 atom stereocenters. The minimum absolute atomic E-state index is 0.269. The van der Waals surface area contributed by atoms with E-state index in [1.54, 1.807) is 0 Å². The highest BCUT2D eigenvalue weighted by atomic mass is 19.4. The van der Waals surface area contributed by atoms with Crippen molar-refractivity contribution in [2.45, 2.75) is 37.2 Å². The van der Waals surface area contributed by atoms with E-state index in [0.717, 1.165) is 7.11 Å². The van der Waals surface area contributed by atoms with E-state index in [0.29, 0.717) is 0 Å². The largest absolute Gasteiger partial charge is 0.466 e. The Kier molecular flexibility index (Phi) is 5.42. The molecule has 1 N–H and O–H groups in total. The zero-order valence-electron chi connectivity index (χ0n) is 9.86. The molecule has 0 unspecified atom stereocenters. The standard InChI is InChI=1S/C10H12F6O3/c1-6(7(17)19-2)4-3-5-8(18,9(11,12)13)10(14,15)16/h18H,1,3-5H2,2H3. The van der Waals surface area contributed by atoms with E-state index in [1.807, 2.05) is 0 Å². The summed E-state index contributed by atoms with van der Waals surface area (Å²) in [5.41, 5.74) is -5.06. The lowest BCUT2D eigenvalue weighted by atomic mass is 9.94. The molecule has 0 aliphatic rings. The van der Waals surface area contributed by atoms with Gasteiger partial charge in [-0.25, -0.2) is 4.79 Å². The molecule has 0 saturated heterocycles. The molecular formula is C10H12F6O3. The van der Waals surface area contributed by atoms with Crippen LogP contribution in [0.1, 0.15) is 19.3 Å². The Morgan fingerprint density at radius 2 is 1.58 bits per heavy atom. The van der Waals surface area contributed by atoms with Crippen molar-refractivity contribution in [2.75, 3.05) is 7.11 Å². The highest BCUT2D eigenvalue weighted by molar-refractivity contribution is 5.87. The van der Waals surface area contributed by atoms with E-state index < -0.39 is 43.2 Å². The molecule has 9 heteroatoms. The van der Waals surface area contributed by atoms with Crippen LogP contribution in [0.15, 0.2) is 12.2 Å². The van der Waals surface area contributed by atoms with Crippen LogP contribution in [0.2, 0.25) is 0 Å². The predicted octanol–water partition coefficient (Wildman–Crippen LogP) is 2.74. The molecule has 3 nitrogen and oxygen atoms in total. The lowest BCUT2D eigenvalue weighted by Gasteiger charge is -2.32. The number of esters is 1.